The Morgan fingerprint density at radius 2 is 1.39 bits per heavy atom. The average molecular weight is 739 g/mol. The van der Waals surface area contributed by atoms with Gasteiger partial charge in [-0.15, -0.1) is 6.42 Å². The summed E-state index contributed by atoms with van der Waals surface area (Å²) in [6.45, 7) is 8.44. The van der Waals surface area contributed by atoms with Crippen LogP contribution in [-0.2, 0) is 12.8 Å². The maximum Gasteiger partial charge on any atom is 0.177 e. The zero-order chi connectivity index (χ0) is 39.3. The van der Waals surface area contributed by atoms with Gasteiger partial charge >= 0.3 is 0 Å². The van der Waals surface area contributed by atoms with E-state index in [2.05, 4.69) is 165 Å². The van der Waals surface area contributed by atoms with Gasteiger partial charge in [-0.1, -0.05) is 140 Å². The highest BCUT2D eigenvalue weighted by atomic mass is 16.5. The molecule has 1 atom stereocenters. The van der Waals surface area contributed by atoms with Crippen molar-refractivity contribution < 1.29 is 9.47 Å². The van der Waals surface area contributed by atoms with E-state index in [9.17, 15) is 0 Å². The molecule has 2 aliphatic heterocycles. The molecule has 0 radical (unpaired) electrons. The summed E-state index contributed by atoms with van der Waals surface area (Å²) >= 11 is 0. The molecule has 6 aromatic rings. The molecule has 0 aliphatic carbocycles. The number of fused-ring (bicyclic) bond motifs is 2. The number of hydrogen-bond donors (Lipinski definition) is 0. The Kier molecular flexibility index (Phi) is 10.8. The molecule has 0 spiro atoms. The summed E-state index contributed by atoms with van der Waals surface area (Å²) in [6.07, 6.45) is 20.5. The fourth-order valence-electron chi connectivity index (χ4n) is 7.90. The zero-order valence-electron chi connectivity index (χ0n) is 33.1. The van der Waals surface area contributed by atoms with Gasteiger partial charge in [0.15, 0.2) is 6.10 Å². The Morgan fingerprint density at radius 3 is 2.12 bits per heavy atom. The van der Waals surface area contributed by atoms with E-state index in [0.29, 0.717) is 0 Å². The van der Waals surface area contributed by atoms with Crippen molar-refractivity contribution in [1.82, 2.24) is 0 Å². The monoisotopic (exact) mass is 738 g/mol. The summed E-state index contributed by atoms with van der Waals surface area (Å²) in [4.78, 5) is 0. The Balaban J connectivity index is 1.26. The zero-order valence-corrected chi connectivity index (χ0v) is 33.1. The summed E-state index contributed by atoms with van der Waals surface area (Å²) in [7, 11) is 0. The molecule has 0 aromatic heterocycles. The molecule has 0 amide bonds. The second-order valence-corrected chi connectivity index (χ2v) is 14.7. The molecule has 2 heterocycles. The summed E-state index contributed by atoms with van der Waals surface area (Å²) in [5, 5.41) is 0. The molecule has 2 aliphatic rings. The number of terminal acetylenes is 1. The summed E-state index contributed by atoms with van der Waals surface area (Å²) in [5.74, 6) is 5.22. The van der Waals surface area contributed by atoms with Crippen molar-refractivity contribution in [3.8, 4) is 79.5 Å². The molecule has 0 fully saturated rings. The van der Waals surface area contributed by atoms with Crippen molar-refractivity contribution in [3.05, 3.63) is 192 Å². The SMILES string of the molecule is C#CC1/C=C\C=C/Cc2cccc(-c3ccc(-c4cc(-c5ccc6c(c5)C(/C=C\C)=C=C(C)O6)cc(-c5ccc(CCC)c(-c6ccccc6C)c5)c4)cc3)c2O1. The molecule has 6 aromatic carbocycles. The Bertz CT molecular complexity index is 2690. The van der Waals surface area contributed by atoms with Crippen molar-refractivity contribution >= 4 is 5.57 Å². The van der Waals surface area contributed by atoms with Crippen LogP contribution in [0.4, 0.5) is 0 Å². The van der Waals surface area contributed by atoms with Crippen LogP contribution in [0.5, 0.6) is 11.5 Å². The Morgan fingerprint density at radius 1 is 0.702 bits per heavy atom. The predicted molar refractivity (Wildman–Crippen MR) is 239 cm³/mol. The topological polar surface area (TPSA) is 18.5 Å². The molecule has 2 heteroatoms. The van der Waals surface area contributed by atoms with E-state index in [1.165, 1.54) is 27.8 Å². The lowest BCUT2D eigenvalue weighted by Gasteiger charge is -2.19. The standard InChI is InChI=1S/C55H46O2/c1-6-15-40-27-28-43(35-52(40)50-21-13-12-17-37(50)4)47-32-46(33-48(34-47)44-29-30-54-53(36-44)45(16-7-2)31-38(5)56-54)39-23-25-41(26-24-39)51-22-14-19-42-18-10-9-11-20-49(8-3)57-55(42)51/h3,7,9-14,16-17,19-30,32-36,49H,6,15,18H2,1-2,4-5H3/b10-9-,16-7-,20-11-. The van der Waals surface area contributed by atoms with Gasteiger partial charge in [-0.2, -0.15) is 0 Å². The maximum absolute atomic E-state index is 6.45. The number of ether oxygens (including phenoxy) is 2. The van der Waals surface area contributed by atoms with Gasteiger partial charge in [-0.05, 0) is 136 Å². The third kappa shape index (κ3) is 7.85. The summed E-state index contributed by atoms with van der Waals surface area (Å²) in [5.41, 5.74) is 20.8. The highest BCUT2D eigenvalue weighted by Gasteiger charge is 2.18. The van der Waals surface area contributed by atoms with Gasteiger partial charge in [0.05, 0.1) is 0 Å². The van der Waals surface area contributed by atoms with Crippen molar-refractivity contribution in [2.45, 2.75) is 53.1 Å². The Labute approximate surface area is 337 Å². The molecule has 0 saturated carbocycles. The molecule has 0 saturated heterocycles. The first-order valence-electron chi connectivity index (χ1n) is 19.9. The first-order chi connectivity index (χ1) is 27.9. The van der Waals surface area contributed by atoms with Crippen molar-refractivity contribution in [1.29, 1.82) is 0 Å². The molecule has 8 rings (SSSR count). The summed E-state index contributed by atoms with van der Waals surface area (Å²) in [6, 6.07) is 44.3. The lowest BCUT2D eigenvalue weighted by molar-refractivity contribution is 0.304. The molecule has 1 unspecified atom stereocenters. The van der Waals surface area contributed by atoms with Crippen LogP contribution in [0.1, 0.15) is 49.4 Å². The van der Waals surface area contributed by atoms with Crippen LogP contribution in [0, 0.1) is 19.3 Å². The second-order valence-electron chi connectivity index (χ2n) is 14.7. The van der Waals surface area contributed by atoms with Crippen molar-refractivity contribution in [3.63, 3.8) is 0 Å². The molecule has 0 N–H and O–H groups in total. The average Bonchev–Trinajstić information content (AvgIpc) is 3.34. The van der Waals surface area contributed by atoms with Crippen molar-refractivity contribution in [2.24, 2.45) is 0 Å². The van der Waals surface area contributed by atoms with E-state index < -0.39 is 6.10 Å². The highest BCUT2D eigenvalue weighted by Crippen LogP contribution is 2.41. The fourth-order valence-corrected chi connectivity index (χ4v) is 7.90. The minimum atomic E-state index is -0.449. The lowest BCUT2D eigenvalue weighted by atomic mass is 9.88. The number of aryl methyl sites for hydroxylation is 2. The number of hydrogen-bond acceptors (Lipinski definition) is 2. The number of rotatable bonds is 8. The molecule has 278 valence electrons. The van der Waals surface area contributed by atoms with E-state index in [0.717, 1.165) is 92.2 Å². The highest BCUT2D eigenvalue weighted by molar-refractivity contribution is 5.87. The van der Waals surface area contributed by atoms with Crippen LogP contribution in [0.3, 0.4) is 0 Å². The van der Waals surface area contributed by atoms with E-state index in [1.54, 1.807) is 0 Å². The van der Waals surface area contributed by atoms with E-state index in [4.69, 9.17) is 15.9 Å². The fraction of sp³-hybridized carbons (Fsp3) is 0.145. The molecule has 2 nitrogen and oxygen atoms in total. The van der Waals surface area contributed by atoms with Gasteiger partial charge in [0.1, 0.15) is 17.3 Å². The Hall–Kier alpha value is -6.78. The number of para-hydroxylation sites is 1. The van der Waals surface area contributed by atoms with Crippen LogP contribution in [0.15, 0.2) is 169 Å². The van der Waals surface area contributed by atoms with Gasteiger partial charge in [-0.3, -0.25) is 0 Å². The molecular weight excluding hydrogens is 693 g/mol. The third-order valence-corrected chi connectivity index (χ3v) is 10.7. The van der Waals surface area contributed by atoms with Crippen LogP contribution >= 0.6 is 0 Å². The molecule has 0 bridgehead atoms. The quantitative estimate of drug-likeness (QED) is 0.114. The predicted octanol–water partition coefficient (Wildman–Crippen LogP) is 14.2. The number of allylic oxidation sites excluding steroid dienone is 6. The van der Waals surface area contributed by atoms with Crippen LogP contribution < -0.4 is 9.47 Å². The van der Waals surface area contributed by atoms with Gasteiger partial charge in [0.25, 0.3) is 0 Å². The number of benzene rings is 6. The molecular formula is C55H46O2. The second kappa shape index (κ2) is 16.5. The maximum atomic E-state index is 6.45. The van der Waals surface area contributed by atoms with Gasteiger partial charge in [0.2, 0.25) is 0 Å². The normalized spacial score (nSPS) is 15.7. The van der Waals surface area contributed by atoms with E-state index in [-0.39, 0.29) is 0 Å². The van der Waals surface area contributed by atoms with Crippen LogP contribution in [0.25, 0.3) is 61.2 Å². The third-order valence-electron chi connectivity index (χ3n) is 10.7. The first kappa shape index (κ1) is 37.2. The minimum Gasteiger partial charge on any atom is -0.473 e. The van der Waals surface area contributed by atoms with Gasteiger partial charge in [0, 0.05) is 23.6 Å². The summed E-state index contributed by atoms with van der Waals surface area (Å²) < 4.78 is 12.6. The van der Waals surface area contributed by atoms with E-state index >= 15 is 0 Å². The lowest BCUT2D eigenvalue weighted by Crippen LogP contribution is -2.12. The van der Waals surface area contributed by atoms with Gasteiger partial charge < -0.3 is 9.47 Å². The van der Waals surface area contributed by atoms with Gasteiger partial charge in [-0.25, -0.2) is 0 Å². The molecule has 57 heavy (non-hydrogen) atoms. The van der Waals surface area contributed by atoms with E-state index in [1.807, 2.05) is 32.1 Å². The smallest absolute Gasteiger partial charge is 0.177 e. The minimum absolute atomic E-state index is 0.449. The van der Waals surface area contributed by atoms with Crippen molar-refractivity contribution in [2.75, 3.05) is 0 Å². The van der Waals surface area contributed by atoms with Crippen LogP contribution in [0.2, 0.25) is 0 Å². The largest absolute Gasteiger partial charge is 0.473 e. The first-order valence-corrected chi connectivity index (χ1v) is 19.9. The van der Waals surface area contributed by atoms with Crippen LogP contribution in [-0.4, -0.2) is 6.10 Å².